The van der Waals surface area contributed by atoms with Gasteiger partial charge in [0.1, 0.15) is 0 Å². The standard InChI is InChI=1S/C17H23N3O2/c1-14-13-20(10-3-11-22-14)9-2-4-17(21)19-16-7-5-15(12-18)6-8-16/h5-8,14H,2-4,9-11,13H2,1H3,(H,19,21). The Morgan fingerprint density at radius 1 is 1.45 bits per heavy atom. The van der Waals surface area contributed by atoms with Crippen LogP contribution in [-0.4, -0.2) is 43.2 Å². The molecule has 2 rings (SSSR count). The number of hydrogen-bond acceptors (Lipinski definition) is 4. The minimum atomic E-state index is 0.0174. The average Bonchev–Trinajstić information content (AvgIpc) is 2.72. The highest BCUT2D eigenvalue weighted by molar-refractivity contribution is 5.90. The zero-order valence-corrected chi connectivity index (χ0v) is 13.0. The van der Waals surface area contributed by atoms with Crippen LogP contribution in [0.25, 0.3) is 0 Å². The molecule has 1 unspecified atom stereocenters. The second-order valence-corrected chi connectivity index (χ2v) is 5.68. The van der Waals surface area contributed by atoms with Gasteiger partial charge in [0.25, 0.3) is 0 Å². The third-order valence-corrected chi connectivity index (χ3v) is 3.71. The van der Waals surface area contributed by atoms with Crippen LogP contribution in [0.15, 0.2) is 24.3 Å². The zero-order chi connectivity index (χ0) is 15.8. The van der Waals surface area contributed by atoms with E-state index >= 15 is 0 Å². The van der Waals surface area contributed by atoms with E-state index in [1.807, 2.05) is 0 Å². The third kappa shape index (κ3) is 5.47. The minimum absolute atomic E-state index is 0.0174. The largest absolute Gasteiger partial charge is 0.377 e. The quantitative estimate of drug-likeness (QED) is 0.907. The van der Waals surface area contributed by atoms with Crippen LogP contribution in [0.3, 0.4) is 0 Å². The highest BCUT2D eigenvalue weighted by atomic mass is 16.5. The van der Waals surface area contributed by atoms with Gasteiger partial charge in [0.15, 0.2) is 0 Å². The van der Waals surface area contributed by atoms with Crippen molar-refractivity contribution in [2.24, 2.45) is 0 Å². The molecule has 1 saturated heterocycles. The molecule has 1 heterocycles. The number of anilines is 1. The minimum Gasteiger partial charge on any atom is -0.377 e. The van der Waals surface area contributed by atoms with Crippen LogP contribution >= 0.6 is 0 Å². The molecule has 0 bridgehead atoms. The Morgan fingerprint density at radius 3 is 2.95 bits per heavy atom. The summed E-state index contributed by atoms with van der Waals surface area (Å²) >= 11 is 0. The summed E-state index contributed by atoms with van der Waals surface area (Å²) in [5.74, 6) is 0.0174. The fourth-order valence-corrected chi connectivity index (χ4v) is 2.60. The van der Waals surface area contributed by atoms with Crippen molar-refractivity contribution in [1.29, 1.82) is 5.26 Å². The second-order valence-electron chi connectivity index (χ2n) is 5.68. The maximum absolute atomic E-state index is 11.9. The molecule has 5 nitrogen and oxygen atoms in total. The normalized spacial score (nSPS) is 19.2. The Morgan fingerprint density at radius 2 is 2.23 bits per heavy atom. The number of rotatable bonds is 5. The molecule has 1 aliphatic heterocycles. The number of benzene rings is 1. The highest BCUT2D eigenvalue weighted by Gasteiger charge is 2.14. The molecule has 22 heavy (non-hydrogen) atoms. The molecule has 1 fully saturated rings. The second kappa shape index (κ2) is 8.52. The maximum Gasteiger partial charge on any atom is 0.224 e. The maximum atomic E-state index is 11.9. The summed E-state index contributed by atoms with van der Waals surface area (Å²) < 4.78 is 5.61. The van der Waals surface area contributed by atoms with E-state index < -0.39 is 0 Å². The Kier molecular flexibility index (Phi) is 6.38. The lowest BCUT2D eigenvalue weighted by Crippen LogP contribution is -2.31. The molecule has 0 radical (unpaired) electrons. The van der Waals surface area contributed by atoms with Crippen LogP contribution in [0.5, 0.6) is 0 Å². The van der Waals surface area contributed by atoms with Crippen LogP contribution < -0.4 is 5.32 Å². The predicted octanol–water partition coefficient (Wildman–Crippen LogP) is 2.39. The average molecular weight is 301 g/mol. The van der Waals surface area contributed by atoms with Gasteiger partial charge in [0.2, 0.25) is 5.91 Å². The fourth-order valence-electron chi connectivity index (χ4n) is 2.60. The summed E-state index contributed by atoms with van der Waals surface area (Å²) in [6.07, 6.45) is 2.68. The predicted molar refractivity (Wildman–Crippen MR) is 85.5 cm³/mol. The van der Waals surface area contributed by atoms with Gasteiger partial charge in [0, 0.05) is 31.8 Å². The van der Waals surface area contributed by atoms with Crippen LogP contribution in [0.1, 0.15) is 31.7 Å². The fraction of sp³-hybridized carbons (Fsp3) is 0.529. The van der Waals surface area contributed by atoms with Crippen molar-refractivity contribution in [1.82, 2.24) is 4.90 Å². The number of ether oxygens (including phenoxy) is 1. The Bertz CT molecular complexity index is 522. The lowest BCUT2D eigenvalue weighted by Gasteiger charge is -2.21. The number of amides is 1. The van der Waals surface area contributed by atoms with E-state index in [0.29, 0.717) is 12.0 Å². The summed E-state index contributed by atoms with van der Waals surface area (Å²) in [4.78, 5) is 14.3. The summed E-state index contributed by atoms with van der Waals surface area (Å²) in [5.41, 5.74) is 1.33. The van der Waals surface area contributed by atoms with Crippen molar-refractivity contribution in [3.05, 3.63) is 29.8 Å². The van der Waals surface area contributed by atoms with Crippen molar-refractivity contribution >= 4 is 11.6 Å². The van der Waals surface area contributed by atoms with E-state index in [4.69, 9.17) is 10.00 Å². The van der Waals surface area contributed by atoms with Gasteiger partial charge in [-0.25, -0.2) is 0 Å². The lowest BCUT2D eigenvalue weighted by atomic mass is 10.2. The molecule has 1 aromatic carbocycles. The van der Waals surface area contributed by atoms with Crippen LogP contribution in [0.2, 0.25) is 0 Å². The number of hydrogen-bond donors (Lipinski definition) is 1. The van der Waals surface area contributed by atoms with Crippen LogP contribution in [0.4, 0.5) is 5.69 Å². The first-order valence-corrected chi connectivity index (χ1v) is 7.81. The van der Waals surface area contributed by atoms with Crippen LogP contribution in [0, 0.1) is 11.3 Å². The molecule has 0 aliphatic carbocycles. The highest BCUT2D eigenvalue weighted by Crippen LogP contribution is 2.10. The molecule has 1 amide bonds. The van der Waals surface area contributed by atoms with E-state index in [0.717, 1.165) is 44.8 Å². The Balaban J connectivity index is 1.69. The first-order chi connectivity index (χ1) is 10.7. The molecule has 5 heteroatoms. The first kappa shape index (κ1) is 16.5. The summed E-state index contributed by atoms with van der Waals surface area (Å²) in [6, 6.07) is 8.97. The Hall–Kier alpha value is -1.90. The van der Waals surface area contributed by atoms with Gasteiger partial charge in [-0.2, -0.15) is 5.26 Å². The van der Waals surface area contributed by atoms with Crippen molar-refractivity contribution < 1.29 is 9.53 Å². The van der Waals surface area contributed by atoms with Gasteiger partial charge < -0.3 is 15.0 Å². The number of nitrogens with one attached hydrogen (secondary N) is 1. The molecule has 0 aromatic heterocycles. The van der Waals surface area contributed by atoms with Gasteiger partial charge in [-0.15, -0.1) is 0 Å². The SMILES string of the molecule is CC1CN(CCCC(=O)Nc2ccc(C#N)cc2)CCCO1. The molecule has 1 atom stereocenters. The Labute approximate surface area is 131 Å². The van der Waals surface area contributed by atoms with Crippen molar-refractivity contribution in [2.75, 3.05) is 31.6 Å². The van der Waals surface area contributed by atoms with Crippen LogP contribution in [-0.2, 0) is 9.53 Å². The monoisotopic (exact) mass is 301 g/mol. The molecular formula is C17H23N3O2. The third-order valence-electron chi connectivity index (χ3n) is 3.71. The number of carbonyl (C=O) groups excluding carboxylic acids is 1. The van der Waals surface area contributed by atoms with Gasteiger partial charge in [-0.1, -0.05) is 0 Å². The summed E-state index contributed by atoms with van der Waals surface area (Å²) in [6.45, 7) is 5.83. The molecule has 0 spiro atoms. The lowest BCUT2D eigenvalue weighted by molar-refractivity contribution is -0.116. The first-order valence-electron chi connectivity index (χ1n) is 7.81. The van der Waals surface area contributed by atoms with Gasteiger partial charge in [-0.3, -0.25) is 4.79 Å². The van der Waals surface area contributed by atoms with Crippen molar-refractivity contribution in [2.45, 2.75) is 32.3 Å². The molecule has 1 N–H and O–H groups in total. The van der Waals surface area contributed by atoms with E-state index in [9.17, 15) is 4.79 Å². The zero-order valence-electron chi connectivity index (χ0n) is 13.0. The van der Waals surface area contributed by atoms with E-state index in [2.05, 4.69) is 23.2 Å². The number of carbonyl (C=O) groups is 1. The summed E-state index contributed by atoms with van der Waals surface area (Å²) in [7, 11) is 0. The van der Waals surface area contributed by atoms with Gasteiger partial charge >= 0.3 is 0 Å². The van der Waals surface area contributed by atoms with Crippen molar-refractivity contribution in [3.8, 4) is 6.07 Å². The molecule has 0 saturated carbocycles. The summed E-state index contributed by atoms with van der Waals surface area (Å²) in [5, 5.41) is 11.6. The number of nitrogens with zero attached hydrogens (tertiary/aromatic N) is 2. The van der Waals surface area contributed by atoms with E-state index in [1.165, 1.54) is 0 Å². The number of nitriles is 1. The smallest absolute Gasteiger partial charge is 0.224 e. The molecule has 118 valence electrons. The molecular weight excluding hydrogens is 278 g/mol. The van der Waals surface area contributed by atoms with E-state index in [-0.39, 0.29) is 12.0 Å². The van der Waals surface area contributed by atoms with E-state index in [1.54, 1.807) is 24.3 Å². The topological polar surface area (TPSA) is 65.4 Å². The molecule has 1 aromatic rings. The van der Waals surface area contributed by atoms with Gasteiger partial charge in [0.05, 0.1) is 17.7 Å². The van der Waals surface area contributed by atoms with Crippen molar-refractivity contribution in [3.63, 3.8) is 0 Å². The van der Waals surface area contributed by atoms with Gasteiger partial charge in [-0.05, 0) is 50.6 Å². The molecule has 1 aliphatic rings.